The predicted molar refractivity (Wildman–Crippen MR) is 98.9 cm³/mol. The Kier molecular flexibility index (Phi) is 85.2. The van der Waals surface area contributed by atoms with Crippen molar-refractivity contribution in [2.75, 3.05) is 93.1 Å². The summed E-state index contributed by atoms with van der Waals surface area (Å²) in [5.74, 6) is 0. The first-order valence-electron chi connectivity index (χ1n) is 7.69. The second-order valence-corrected chi connectivity index (χ2v) is 4.02. The van der Waals surface area contributed by atoms with E-state index in [-0.39, 0.29) is 72.3 Å². The fourth-order valence-electron chi connectivity index (χ4n) is 1.52. The number of rotatable bonds is 12. The van der Waals surface area contributed by atoms with Crippen molar-refractivity contribution >= 4 is 0 Å². The summed E-state index contributed by atoms with van der Waals surface area (Å²) in [7, 11) is 2.00. The molecule has 0 amide bonds. The fourth-order valence-corrected chi connectivity index (χ4v) is 1.52. The number of aliphatic hydroxyl groups is 8. The second-order valence-electron chi connectivity index (χ2n) is 4.02. The summed E-state index contributed by atoms with van der Waals surface area (Å²) in [6, 6.07) is 0. The molecule has 0 aliphatic heterocycles. The molecule has 0 atom stereocenters. The summed E-state index contributed by atoms with van der Waals surface area (Å²) >= 11 is 0. The van der Waals surface area contributed by atoms with Gasteiger partial charge in [-0.05, 0) is 0 Å². The summed E-state index contributed by atoms with van der Waals surface area (Å²) in [5.41, 5.74) is 0. The minimum Gasteiger partial charge on any atom is -0.412 e. The van der Waals surface area contributed by atoms with Gasteiger partial charge in [-0.3, -0.25) is 9.80 Å². The monoisotopic (exact) mass is 446 g/mol. The average Bonchev–Trinajstić information content (AvgIpc) is 2.61. The standard InChI is InChI=1S/2C6H15NO3.2CH4O.2H2O.Ti/c2*8-4-1-7(2-5-9)3-6-10;2*1-2;;;/h2*8-10H,1-6H2;2*2H,1H3;2*1H2;. The molecule has 0 aromatic rings. The largest absolute Gasteiger partial charge is 0.412 e. The third-order valence-corrected chi connectivity index (χ3v) is 2.50. The number of nitrogens with zero attached hydrogens (tertiary/aromatic N) is 2. The van der Waals surface area contributed by atoms with Crippen LogP contribution in [0.1, 0.15) is 0 Å². The molecule has 0 aromatic carbocycles. The van der Waals surface area contributed by atoms with Crippen LogP contribution in [0.4, 0.5) is 0 Å². The molecule has 0 aliphatic carbocycles. The first kappa shape index (κ1) is 45.8. The molecule has 27 heavy (non-hydrogen) atoms. The van der Waals surface area contributed by atoms with Crippen molar-refractivity contribution < 1.29 is 73.5 Å². The van der Waals surface area contributed by atoms with Crippen LogP contribution in [0.25, 0.3) is 0 Å². The SMILES string of the molecule is CO.CO.O.O.OCCN(CCO)CCO.OCCN(CCO)CCO.[Ti]. The second kappa shape index (κ2) is 50.2. The van der Waals surface area contributed by atoms with Crippen LogP contribution in [0.15, 0.2) is 0 Å². The maximum absolute atomic E-state index is 8.48. The molecule has 172 valence electrons. The van der Waals surface area contributed by atoms with E-state index in [1.54, 1.807) is 9.80 Å². The van der Waals surface area contributed by atoms with Gasteiger partial charge in [-0.25, -0.2) is 0 Å². The van der Waals surface area contributed by atoms with Gasteiger partial charge in [0.1, 0.15) is 0 Å². The van der Waals surface area contributed by atoms with Crippen LogP contribution < -0.4 is 0 Å². The van der Waals surface area contributed by atoms with Gasteiger partial charge in [0.05, 0.1) is 39.6 Å². The van der Waals surface area contributed by atoms with E-state index in [9.17, 15) is 0 Å². The zero-order valence-corrected chi connectivity index (χ0v) is 18.0. The van der Waals surface area contributed by atoms with Crippen molar-refractivity contribution in [1.29, 1.82) is 0 Å². The Hall–Kier alpha value is 0.234. The van der Waals surface area contributed by atoms with Crippen molar-refractivity contribution in [3.05, 3.63) is 0 Å². The predicted octanol–water partition coefficient (Wildman–Crippen LogP) is -5.90. The topological polar surface area (TPSA) is 231 Å². The molecule has 0 unspecified atom stereocenters. The van der Waals surface area contributed by atoms with E-state index in [0.29, 0.717) is 39.3 Å². The van der Waals surface area contributed by atoms with E-state index in [1.807, 2.05) is 0 Å². The maximum atomic E-state index is 8.48. The molecular formula is C14H42N2O10Ti. The minimum atomic E-state index is 0. The Morgan fingerprint density at radius 3 is 0.593 bits per heavy atom. The van der Waals surface area contributed by atoms with Gasteiger partial charge in [-0.2, -0.15) is 0 Å². The molecule has 0 spiro atoms. The van der Waals surface area contributed by atoms with Crippen LogP contribution in [0.5, 0.6) is 0 Å². The molecule has 12 nitrogen and oxygen atoms in total. The van der Waals surface area contributed by atoms with Gasteiger partial charge in [-0.15, -0.1) is 0 Å². The van der Waals surface area contributed by atoms with Crippen LogP contribution in [-0.2, 0) is 21.7 Å². The molecule has 0 radical (unpaired) electrons. The van der Waals surface area contributed by atoms with Crippen molar-refractivity contribution in [3.63, 3.8) is 0 Å². The van der Waals surface area contributed by atoms with Crippen LogP contribution in [-0.4, -0.2) is 155 Å². The smallest absolute Gasteiger partial charge is 0.0558 e. The average molecular weight is 446 g/mol. The molecule has 0 aliphatic rings. The van der Waals surface area contributed by atoms with Gasteiger partial charge in [0.2, 0.25) is 0 Å². The molecule has 0 saturated carbocycles. The van der Waals surface area contributed by atoms with Crippen LogP contribution in [0.3, 0.4) is 0 Å². The first-order chi connectivity index (χ1) is 11.7. The van der Waals surface area contributed by atoms with Gasteiger partial charge in [0, 0.05) is 75.2 Å². The fraction of sp³-hybridized carbons (Fsp3) is 1.00. The summed E-state index contributed by atoms with van der Waals surface area (Å²) in [5, 5.41) is 64.9. The van der Waals surface area contributed by atoms with Gasteiger partial charge in [0.15, 0.2) is 0 Å². The molecule has 0 saturated heterocycles. The third-order valence-electron chi connectivity index (χ3n) is 2.50. The zero-order chi connectivity index (χ0) is 19.6. The Morgan fingerprint density at radius 1 is 0.407 bits per heavy atom. The molecule has 0 fully saturated rings. The number of aliphatic hydroxyl groups excluding tert-OH is 8. The number of hydrogen-bond acceptors (Lipinski definition) is 10. The Morgan fingerprint density at radius 2 is 0.519 bits per heavy atom. The molecule has 0 heterocycles. The molecule has 0 aromatic heterocycles. The quantitative estimate of drug-likeness (QED) is 0.132. The van der Waals surface area contributed by atoms with Gasteiger partial charge in [0.25, 0.3) is 0 Å². The summed E-state index contributed by atoms with van der Waals surface area (Å²) in [6.45, 7) is 3.51. The van der Waals surface area contributed by atoms with Gasteiger partial charge in [-0.1, -0.05) is 0 Å². The van der Waals surface area contributed by atoms with Crippen molar-refractivity contribution in [3.8, 4) is 0 Å². The summed E-state index contributed by atoms with van der Waals surface area (Å²) in [4.78, 5) is 3.58. The van der Waals surface area contributed by atoms with Crippen LogP contribution >= 0.6 is 0 Å². The number of hydrogen-bond donors (Lipinski definition) is 8. The van der Waals surface area contributed by atoms with E-state index in [2.05, 4.69) is 0 Å². The molecule has 0 rings (SSSR count). The van der Waals surface area contributed by atoms with E-state index >= 15 is 0 Å². The Balaban J connectivity index is -0.0000000456. The first-order valence-corrected chi connectivity index (χ1v) is 7.69. The molecule has 12 N–H and O–H groups in total. The molecule has 0 bridgehead atoms. The van der Waals surface area contributed by atoms with Crippen molar-refractivity contribution in [1.82, 2.24) is 9.80 Å². The van der Waals surface area contributed by atoms with Crippen LogP contribution in [0, 0.1) is 0 Å². The molecular weight excluding hydrogens is 404 g/mol. The van der Waals surface area contributed by atoms with Crippen molar-refractivity contribution in [2.24, 2.45) is 0 Å². The third kappa shape index (κ3) is 46.3. The summed E-state index contributed by atoms with van der Waals surface area (Å²) in [6.07, 6.45) is 0. The minimum absolute atomic E-state index is 0. The Bertz CT molecular complexity index is 143. The van der Waals surface area contributed by atoms with E-state index in [0.717, 1.165) is 14.2 Å². The van der Waals surface area contributed by atoms with Crippen LogP contribution in [0.2, 0.25) is 0 Å². The van der Waals surface area contributed by atoms with Gasteiger partial charge < -0.3 is 51.8 Å². The Labute approximate surface area is 176 Å². The van der Waals surface area contributed by atoms with Gasteiger partial charge >= 0.3 is 0 Å². The van der Waals surface area contributed by atoms with E-state index in [4.69, 9.17) is 40.9 Å². The van der Waals surface area contributed by atoms with E-state index < -0.39 is 0 Å². The van der Waals surface area contributed by atoms with Crippen molar-refractivity contribution in [2.45, 2.75) is 0 Å². The maximum Gasteiger partial charge on any atom is 0.0558 e. The normalized spacial score (nSPS) is 8.44. The van der Waals surface area contributed by atoms with E-state index in [1.165, 1.54) is 0 Å². The molecule has 13 heteroatoms. The summed E-state index contributed by atoms with van der Waals surface area (Å²) < 4.78 is 0. The zero-order valence-electron chi connectivity index (χ0n) is 16.5.